The van der Waals surface area contributed by atoms with Crippen LogP contribution in [0.15, 0.2) is 6.20 Å². The average molecular weight is 180 g/mol. The highest BCUT2D eigenvalue weighted by Crippen LogP contribution is 2.19. The van der Waals surface area contributed by atoms with Gasteiger partial charge in [0.05, 0.1) is 11.7 Å². The Kier molecular flexibility index (Phi) is 2.31. The highest BCUT2D eigenvalue weighted by Gasteiger charge is 2.23. The van der Waals surface area contributed by atoms with Crippen molar-refractivity contribution in [2.24, 2.45) is 0 Å². The SMILES string of the molecule is CCN1CC[C@H](n2cc(C)nn2)C1. The fraction of sp³-hybridized carbons (Fsp3) is 0.778. The van der Waals surface area contributed by atoms with E-state index in [0.717, 1.165) is 18.8 Å². The van der Waals surface area contributed by atoms with E-state index in [9.17, 15) is 0 Å². The van der Waals surface area contributed by atoms with Crippen molar-refractivity contribution in [1.29, 1.82) is 0 Å². The molecule has 0 aliphatic carbocycles. The van der Waals surface area contributed by atoms with Crippen molar-refractivity contribution in [3.63, 3.8) is 0 Å². The van der Waals surface area contributed by atoms with Crippen molar-refractivity contribution in [2.45, 2.75) is 26.3 Å². The van der Waals surface area contributed by atoms with Crippen LogP contribution in [0.3, 0.4) is 0 Å². The molecule has 4 nitrogen and oxygen atoms in total. The molecule has 0 bridgehead atoms. The summed E-state index contributed by atoms with van der Waals surface area (Å²) in [5, 5.41) is 8.11. The van der Waals surface area contributed by atoms with E-state index in [1.807, 2.05) is 17.8 Å². The van der Waals surface area contributed by atoms with Crippen molar-refractivity contribution in [1.82, 2.24) is 19.9 Å². The van der Waals surface area contributed by atoms with Crippen molar-refractivity contribution in [2.75, 3.05) is 19.6 Å². The summed E-state index contributed by atoms with van der Waals surface area (Å²) in [5.41, 5.74) is 1.01. The molecule has 1 aromatic heterocycles. The number of aryl methyl sites for hydroxylation is 1. The molecule has 0 N–H and O–H groups in total. The highest BCUT2D eigenvalue weighted by molar-refractivity contribution is 4.90. The monoisotopic (exact) mass is 180 g/mol. The molecule has 13 heavy (non-hydrogen) atoms. The van der Waals surface area contributed by atoms with Gasteiger partial charge in [0.25, 0.3) is 0 Å². The van der Waals surface area contributed by atoms with Gasteiger partial charge in [-0.05, 0) is 19.9 Å². The van der Waals surface area contributed by atoms with E-state index >= 15 is 0 Å². The molecule has 72 valence electrons. The maximum absolute atomic E-state index is 4.11. The normalized spacial score (nSPS) is 24.0. The number of rotatable bonds is 2. The number of hydrogen-bond donors (Lipinski definition) is 0. The van der Waals surface area contributed by atoms with E-state index in [1.54, 1.807) is 0 Å². The summed E-state index contributed by atoms with van der Waals surface area (Å²) in [6.45, 7) is 7.65. The van der Waals surface area contributed by atoms with Gasteiger partial charge in [-0.1, -0.05) is 12.1 Å². The summed E-state index contributed by atoms with van der Waals surface area (Å²) in [5.74, 6) is 0. The van der Waals surface area contributed by atoms with Crippen LogP contribution in [0, 0.1) is 6.92 Å². The van der Waals surface area contributed by atoms with Gasteiger partial charge in [-0.15, -0.1) is 5.10 Å². The third-order valence-corrected chi connectivity index (χ3v) is 2.69. The van der Waals surface area contributed by atoms with E-state index in [-0.39, 0.29) is 0 Å². The molecule has 4 heteroatoms. The molecule has 0 saturated carbocycles. The van der Waals surface area contributed by atoms with Crippen molar-refractivity contribution in [3.8, 4) is 0 Å². The molecule has 2 heterocycles. The summed E-state index contributed by atoms with van der Waals surface area (Å²) >= 11 is 0. The second-order valence-corrected chi connectivity index (χ2v) is 3.68. The molecule has 1 aliphatic rings. The van der Waals surface area contributed by atoms with Crippen LogP contribution in [-0.4, -0.2) is 39.5 Å². The molecule has 1 fully saturated rings. The third kappa shape index (κ3) is 1.72. The molecule has 0 amide bonds. The minimum Gasteiger partial charge on any atom is -0.301 e. The lowest BCUT2D eigenvalue weighted by atomic mass is 10.3. The van der Waals surface area contributed by atoms with Gasteiger partial charge in [0.2, 0.25) is 0 Å². The van der Waals surface area contributed by atoms with Crippen LogP contribution in [0.2, 0.25) is 0 Å². The van der Waals surface area contributed by atoms with Crippen LogP contribution < -0.4 is 0 Å². The minimum absolute atomic E-state index is 0.543. The first-order chi connectivity index (χ1) is 6.29. The molecule has 1 aromatic rings. The predicted octanol–water partition coefficient (Wildman–Crippen LogP) is 0.853. The summed E-state index contributed by atoms with van der Waals surface area (Å²) in [4.78, 5) is 2.45. The molecule has 2 rings (SSSR count). The zero-order chi connectivity index (χ0) is 9.26. The largest absolute Gasteiger partial charge is 0.301 e. The molecule has 0 aromatic carbocycles. The Morgan fingerprint density at radius 1 is 1.62 bits per heavy atom. The molecule has 1 atom stereocenters. The van der Waals surface area contributed by atoms with Crippen molar-refractivity contribution < 1.29 is 0 Å². The van der Waals surface area contributed by atoms with E-state index in [1.165, 1.54) is 13.0 Å². The molecule has 1 aliphatic heterocycles. The zero-order valence-electron chi connectivity index (χ0n) is 8.27. The van der Waals surface area contributed by atoms with Gasteiger partial charge < -0.3 is 4.90 Å². The maximum atomic E-state index is 4.11. The summed E-state index contributed by atoms with van der Waals surface area (Å²) < 4.78 is 2.00. The topological polar surface area (TPSA) is 34.0 Å². The van der Waals surface area contributed by atoms with Crippen molar-refractivity contribution in [3.05, 3.63) is 11.9 Å². The maximum Gasteiger partial charge on any atom is 0.0796 e. The highest BCUT2D eigenvalue weighted by atomic mass is 15.4. The van der Waals surface area contributed by atoms with Crippen LogP contribution in [0.4, 0.5) is 0 Å². The summed E-state index contributed by atoms with van der Waals surface area (Å²) in [7, 11) is 0. The number of likely N-dealkylation sites (N-methyl/N-ethyl adjacent to an activating group) is 1. The minimum atomic E-state index is 0.543. The van der Waals surface area contributed by atoms with Crippen LogP contribution in [0.25, 0.3) is 0 Å². The Bertz CT molecular complexity index is 281. The Morgan fingerprint density at radius 3 is 3.00 bits per heavy atom. The standard InChI is InChI=1S/C9H16N4/c1-3-12-5-4-9(7-12)13-6-8(2)10-11-13/h6,9H,3-5,7H2,1-2H3/t9-/m0/s1. The van der Waals surface area contributed by atoms with Gasteiger partial charge >= 0.3 is 0 Å². The fourth-order valence-corrected chi connectivity index (χ4v) is 1.86. The Morgan fingerprint density at radius 2 is 2.46 bits per heavy atom. The van der Waals surface area contributed by atoms with Crippen LogP contribution in [0.5, 0.6) is 0 Å². The zero-order valence-corrected chi connectivity index (χ0v) is 8.27. The predicted molar refractivity (Wildman–Crippen MR) is 50.5 cm³/mol. The Hall–Kier alpha value is -0.900. The van der Waals surface area contributed by atoms with Gasteiger partial charge in [0.1, 0.15) is 0 Å². The van der Waals surface area contributed by atoms with Gasteiger partial charge in [-0.25, -0.2) is 4.68 Å². The lowest BCUT2D eigenvalue weighted by Gasteiger charge is -2.12. The van der Waals surface area contributed by atoms with Gasteiger partial charge in [0, 0.05) is 19.3 Å². The first-order valence-electron chi connectivity index (χ1n) is 4.90. The summed E-state index contributed by atoms with van der Waals surface area (Å²) in [6, 6.07) is 0.543. The van der Waals surface area contributed by atoms with E-state index in [0.29, 0.717) is 6.04 Å². The Labute approximate surface area is 78.5 Å². The second-order valence-electron chi connectivity index (χ2n) is 3.68. The number of aromatic nitrogens is 3. The van der Waals surface area contributed by atoms with Gasteiger partial charge in [-0.3, -0.25) is 0 Å². The second kappa shape index (κ2) is 3.46. The van der Waals surface area contributed by atoms with Crippen molar-refractivity contribution >= 4 is 0 Å². The molecule has 1 saturated heterocycles. The van der Waals surface area contributed by atoms with E-state index < -0.39 is 0 Å². The number of likely N-dealkylation sites (tertiary alicyclic amines) is 1. The smallest absolute Gasteiger partial charge is 0.0796 e. The average Bonchev–Trinajstić information content (AvgIpc) is 2.71. The van der Waals surface area contributed by atoms with E-state index in [2.05, 4.69) is 22.1 Å². The molecule has 0 unspecified atom stereocenters. The van der Waals surface area contributed by atoms with Crippen LogP contribution in [0.1, 0.15) is 25.1 Å². The Balaban J connectivity index is 2.03. The summed E-state index contributed by atoms with van der Waals surface area (Å²) in [6.07, 6.45) is 3.24. The number of hydrogen-bond acceptors (Lipinski definition) is 3. The lowest BCUT2D eigenvalue weighted by Crippen LogP contribution is -2.21. The first kappa shape index (κ1) is 8.69. The molecule has 0 radical (unpaired) electrons. The van der Waals surface area contributed by atoms with Gasteiger partial charge in [0.15, 0.2) is 0 Å². The first-order valence-corrected chi connectivity index (χ1v) is 4.90. The number of nitrogens with zero attached hydrogens (tertiary/aromatic N) is 4. The van der Waals surface area contributed by atoms with Crippen LogP contribution in [-0.2, 0) is 0 Å². The molecular weight excluding hydrogens is 164 g/mol. The third-order valence-electron chi connectivity index (χ3n) is 2.69. The quantitative estimate of drug-likeness (QED) is 0.676. The lowest BCUT2D eigenvalue weighted by molar-refractivity contribution is 0.334. The fourth-order valence-electron chi connectivity index (χ4n) is 1.86. The molecule has 0 spiro atoms. The van der Waals surface area contributed by atoms with Crippen LogP contribution >= 0.6 is 0 Å². The van der Waals surface area contributed by atoms with Gasteiger partial charge in [-0.2, -0.15) is 0 Å². The molecular formula is C9H16N4. The van der Waals surface area contributed by atoms with E-state index in [4.69, 9.17) is 0 Å².